The largest absolute Gasteiger partial charge is 0.341 e. The van der Waals surface area contributed by atoms with Crippen LogP contribution in [0, 0.1) is 6.92 Å². The van der Waals surface area contributed by atoms with Crippen LogP contribution in [-0.2, 0) is 24.8 Å². The van der Waals surface area contributed by atoms with Gasteiger partial charge in [0.15, 0.2) is 0 Å². The maximum Gasteiger partial charge on any atom is 0.222 e. The predicted molar refractivity (Wildman–Crippen MR) is 79.2 cm³/mol. The van der Waals surface area contributed by atoms with Gasteiger partial charge in [-0.3, -0.25) is 9.48 Å². The highest BCUT2D eigenvalue weighted by atomic mass is 16.2. The molecule has 0 unspecified atom stereocenters. The van der Waals surface area contributed by atoms with E-state index in [0.29, 0.717) is 13.0 Å². The summed E-state index contributed by atoms with van der Waals surface area (Å²) in [5.74, 6) is 0.162. The number of carbonyl (C=O) groups is 1. The summed E-state index contributed by atoms with van der Waals surface area (Å²) >= 11 is 0. The minimum atomic E-state index is 0.162. The fourth-order valence-electron chi connectivity index (χ4n) is 2.11. The van der Waals surface area contributed by atoms with E-state index in [4.69, 9.17) is 0 Å². The van der Waals surface area contributed by atoms with Crippen LogP contribution in [0.15, 0.2) is 36.7 Å². The van der Waals surface area contributed by atoms with Gasteiger partial charge < -0.3 is 4.90 Å². The number of rotatable bonds is 5. The van der Waals surface area contributed by atoms with E-state index in [1.54, 1.807) is 15.8 Å². The molecule has 106 valence electrons. The Hall–Kier alpha value is -2.10. The van der Waals surface area contributed by atoms with Crippen molar-refractivity contribution >= 4 is 5.91 Å². The van der Waals surface area contributed by atoms with E-state index in [0.717, 1.165) is 12.0 Å². The summed E-state index contributed by atoms with van der Waals surface area (Å²) < 4.78 is 1.75. The molecular formula is C16H21N3O. The standard InChI is InChI=1S/C16H21N3O/c1-13-4-6-14(7-5-13)8-9-16(20)18(2)11-15-10-17-19(3)12-15/h4-7,10,12H,8-9,11H2,1-3H3. The number of nitrogens with zero attached hydrogens (tertiary/aromatic N) is 3. The summed E-state index contributed by atoms with van der Waals surface area (Å²) in [7, 11) is 3.72. The fourth-order valence-corrected chi connectivity index (χ4v) is 2.11. The Labute approximate surface area is 120 Å². The highest BCUT2D eigenvalue weighted by Gasteiger charge is 2.10. The molecule has 0 fully saturated rings. The maximum atomic E-state index is 12.1. The van der Waals surface area contributed by atoms with Crippen molar-refractivity contribution in [2.75, 3.05) is 7.05 Å². The SMILES string of the molecule is Cc1ccc(CCC(=O)N(C)Cc2cnn(C)c2)cc1. The summed E-state index contributed by atoms with van der Waals surface area (Å²) in [4.78, 5) is 13.8. The topological polar surface area (TPSA) is 38.1 Å². The second-order valence-corrected chi connectivity index (χ2v) is 5.26. The third-order valence-electron chi connectivity index (χ3n) is 3.35. The summed E-state index contributed by atoms with van der Waals surface area (Å²) in [5.41, 5.74) is 3.51. The van der Waals surface area contributed by atoms with E-state index in [1.165, 1.54) is 11.1 Å². The first kappa shape index (κ1) is 14.3. The molecule has 4 nitrogen and oxygen atoms in total. The first-order chi connectivity index (χ1) is 9.54. The Kier molecular flexibility index (Phi) is 4.56. The molecule has 0 saturated heterocycles. The lowest BCUT2D eigenvalue weighted by molar-refractivity contribution is -0.130. The minimum Gasteiger partial charge on any atom is -0.341 e. The molecule has 1 heterocycles. The maximum absolute atomic E-state index is 12.1. The fraction of sp³-hybridized carbons (Fsp3) is 0.375. The highest BCUT2D eigenvalue weighted by molar-refractivity contribution is 5.76. The average molecular weight is 271 g/mol. The minimum absolute atomic E-state index is 0.162. The Balaban J connectivity index is 1.83. The third-order valence-corrected chi connectivity index (χ3v) is 3.35. The van der Waals surface area contributed by atoms with Crippen LogP contribution in [0.2, 0.25) is 0 Å². The average Bonchev–Trinajstić information content (AvgIpc) is 2.83. The molecule has 1 aromatic heterocycles. The van der Waals surface area contributed by atoms with E-state index >= 15 is 0 Å². The van der Waals surface area contributed by atoms with Crippen LogP contribution in [-0.4, -0.2) is 27.6 Å². The molecule has 0 atom stereocenters. The second kappa shape index (κ2) is 6.37. The van der Waals surface area contributed by atoms with Crippen LogP contribution < -0.4 is 0 Å². The Morgan fingerprint density at radius 3 is 2.55 bits per heavy atom. The van der Waals surface area contributed by atoms with Gasteiger partial charge in [0.25, 0.3) is 0 Å². The summed E-state index contributed by atoms with van der Waals surface area (Å²) in [5, 5.41) is 4.11. The molecule has 1 amide bonds. The summed E-state index contributed by atoms with van der Waals surface area (Å²) in [6.45, 7) is 2.68. The monoisotopic (exact) mass is 271 g/mol. The normalized spacial score (nSPS) is 10.6. The zero-order valence-electron chi connectivity index (χ0n) is 12.3. The molecule has 0 radical (unpaired) electrons. The molecule has 2 aromatic rings. The van der Waals surface area contributed by atoms with Gasteiger partial charge in [-0.05, 0) is 18.9 Å². The molecule has 4 heteroatoms. The van der Waals surface area contributed by atoms with Gasteiger partial charge in [0.2, 0.25) is 5.91 Å². The van der Waals surface area contributed by atoms with Crippen LogP contribution in [0.5, 0.6) is 0 Å². The molecule has 20 heavy (non-hydrogen) atoms. The van der Waals surface area contributed by atoms with Gasteiger partial charge in [-0.1, -0.05) is 29.8 Å². The van der Waals surface area contributed by atoms with Crippen LogP contribution in [0.4, 0.5) is 0 Å². The van der Waals surface area contributed by atoms with E-state index in [2.05, 4.69) is 36.3 Å². The van der Waals surface area contributed by atoms with Crippen LogP contribution in [0.25, 0.3) is 0 Å². The first-order valence-corrected chi connectivity index (χ1v) is 6.81. The van der Waals surface area contributed by atoms with E-state index in [1.807, 2.05) is 20.3 Å². The number of amides is 1. The lowest BCUT2D eigenvalue weighted by Gasteiger charge is -2.16. The predicted octanol–water partition coefficient (Wildman–Crippen LogP) is 2.32. The number of carbonyl (C=O) groups excluding carboxylic acids is 1. The molecule has 2 rings (SSSR count). The Morgan fingerprint density at radius 2 is 1.95 bits per heavy atom. The van der Waals surface area contributed by atoms with Crippen LogP contribution in [0.3, 0.4) is 0 Å². The summed E-state index contributed by atoms with van der Waals surface area (Å²) in [6.07, 6.45) is 5.06. The highest BCUT2D eigenvalue weighted by Crippen LogP contribution is 2.08. The Morgan fingerprint density at radius 1 is 1.25 bits per heavy atom. The third kappa shape index (κ3) is 3.95. The quantitative estimate of drug-likeness (QED) is 0.837. The van der Waals surface area contributed by atoms with Gasteiger partial charge in [-0.2, -0.15) is 5.10 Å². The number of hydrogen-bond donors (Lipinski definition) is 0. The van der Waals surface area contributed by atoms with E-state index in [9.17, 15) is 4.79 Å². The van der Waals surface area contributed by atoms with Crippen molar-refractivity contribution in [1.82, 2.24) is 14.7 Å². The molecule has 0 spiro atoms. The number of hydrogen-bond acceptors (Lipinski definition) is 2. The van der Waals surface area contributed by atoms with Crippen molar-refractivity contribution in [3.8, 4) is 0 Å². The number of aryl methyl sites for hydroxylation is 3. The van der Waals surface area contributed by atoms with Crippen LogP contribution >= 0.6 is 0 Å². The second-order valence-electron chi connectivity index (χ2n) is 5.26. The molecule has 0 saturated carbocycles. The Bertz CT molecular complexity index is 572. The van der Waals surface area contributed by atoms with Crippen molar-refractivity contribution < 1.29 is 4.79 Å². The van der Waals surface area contributed by atoms with Crippen molar-refractivity contribution in [2.45, 2.75) is 26.3 Å². The molecule has 0 N–H and O–H groups in total. The molecule has 0 bridgehead atoms. The van der Waals surface area contributed by atoms with Gasteiger partial charge in [0, 0.05) is 38.8 Å². The number of benzene rings is 1. The molecule has 0 aliphatic rings. The zero-order chi connectivity index (χ0) is 14.5. The van der Waals surface area contributed by atoms with Crippen molar-refractivity contribution in [3.05, 3.63) is 53.3 Å². The van der Waals surface area contributed by atoms with Crippen molar-refractivity contribution in [2.24, 2.45) is 7.05 Å². The molecule has 0 aliphatic carbocycles. The van der Waals surface area contributed by atoms with E-state index in [-0.39, 0.29) is 5.91 Å². The van der Waals surface area contributed by atoms with Crippen LogP contribution in [0.1, 0.15) is 23.1 Å². The van der Waals surface area contributed by atoms with E-state index < -0.39 is 0 Å². The van der Waals surface area contributed by atoms with Gasteiger partial charge in [0.05, 0.1) is 6.20 Å². The molecule has 0 aliphatic heterocycles. The van der Waals surface area contributed by atoms with Crippen molar-refractivity contribution in [3.63, 3.8) is 0 Å². The first-order valence-electron chi connectivity index (χ1n) is 6.81. The molecular weight excluding hydrogens is 250 g/mol. The van der Waals surface area contributed by atoms with Gasteiger partial charge in [-0.15, -0.1) is 0 Å². The van der Waals surface area contributed by atoms with Crippen molar-refractivity contribution in [1.29, 1.82) is 0 Å². The van der Waals surface area contributed by atoms with Gasteiger partial charge >= 0.3 is 0 Å². The zero-order valence-corrected chi connectivity index (χ0v) is 12.3. The summed E-state index contributed by atoms with van der Waals surface area (Å²) in [6, 6.07) is 8.34. The lowest BCUT2D eigenvalue weighted by Crippen LogP contribution is -2.26. The lowest BCUT2D eigenvalue weighted by atomic mass is 10.1. The smallest absolute Gasteiger partial charge is 0.222 e. The van der Waals surface area contributed by atoms with Gasteiger partial charge in [-0.25, -0.2) is 0 Å². The van der Waals surface area contributed by atoms with Gasteiger partial charge in [0.1, 0.15) is 0 Å². The number of aromatic nitrogens is 2. The molecule has 1 aromatic carbocycles.